The zero-order chi connectivity index (χ0) is 14.4. The summed E-state index contributed by atoms with van der Waals surface area (Å²) in [4.78, 5) is 0. The Morgan fingerprint density at radius 1 is 1.20 bits per heavy atom. The van der Waals surface area contributed by atoms with Gasteiger partial charge in [0.1, 0.15) is 0 Å². The fraction of sp³-hybridized carbons (Fsp3) is 0.368. The molecular formula is C19H25N. The van der Waals surface area contributed by atoms with E-state index in [4.69, 9.17) is 0 Å². The quantitative estimate of drug-likeness (QED) is 0.745. The Kier molecular flexibility index (Phi) is 5.23. The highest BCUT2D eigenvalue weighted by molar-refractivity contribution is 5.73. The van der Waals surface area contributed by atoms with Gasteiger partial charge in [0.05, 0.1) is 0 Å². The highest BCUT2D eigenvalue weighted by Gasteiger charge is 2.20. The van der Waals surface area contributed by atoms with Gasteiger partial charge in [0, 0.05) is 7.05 Å². The highest BCUT2D eigenvalue weighted by atomic mass is 14.8. The molecule has 0 saturated heterocycles. The minimum atomic E-state index is 0.710. The van der Waals surface area contributed by atoms with Gasteiger partial charge in [-0.1, -0.05) is 55.8 Å². The molecule has 0 aliphatic heterocycles. The van der Waals surface area contributed by atoms with Gasteiger partial charge in [-0.05, 0) is 54.2 Å². The molecule has 1 nitrogen and oxygen atoms in total. The van der Waals surface area contributed by atoms with Gasteiger partial charge >= 0.3 is 0 Å². The van der Waals surface area contributed by atoms with E-state index in [1.807, 2.05) is 13.1 Å². The fourth-order valence-corrected chi connectivity index (χ4v) is 3.03. The Morgan fingerprint density at radius 3 is 2.45 bits per heavy atom. The summed E-state index contributed by atoms with van der Waals surface area (Å²) in [6.07, 6.45) is 9.74. The molecule has 1 fully saturated rings. The topological polar surface area (TPSA) is 12.0 Å². The maximum absolute atomic E-state index is 4.21. The van der Waals surface area contributed by atoms with Crippen molar-refractivity contribution in [1.29, 1.82) is 0 Å². The summed E-state index contributed by atoms with van der Waals surface area (Å²) >= 11 is 0. The van der Waals surface area contributed by atoms with Gasteiger partial charge in [-0.15, -0.1) is 0 Å². The predicted octanol–water partition coefficient (Wildman–Crippen LogP) is 4.94. The molecule has 0 aromatic heterocycles. The average molecular weight is 267 g/mol. The average Bonchev–Trinajstić information content (AvgIpc) is 2.99. The van der Waals surface area contributed by atoms with Crippen LogP contribution in [-0.2, 0) is 0 Å². The van der Waals surface area contributed by atoms with E-state index in [1.165, 1.54) is 42.4 Å². The van der Waals surface area contributed by atoms with Crippen molar-refractivity contribution in [2.75, 3.05) is 7.05 Å². The number of hydrogen-bond acceptors (Lipinski definition) is 1. The minimum Gasteiger partial charge on any atom is -0.394 e. The van der Waals surface area contributed by atoms with Crippen LogP contribution in [0, 0.1) is 5.92 Å². The first-order valence-corrected chi connectivity index (χ1v) is 7.52. The van der Waals surface area contributed by atoms with Crippen molar-refractivity contribution in [2.24, 2.45) is 5.92 Å². The Balaban J connectivity index is 2.18. The second kappa shape index (κ2) is 7.14. The van der Waals surface area contributed by atoms with Gasteiger partial charge in [-0.25, -0.2) is 0 Å². The van der Waals surface area contributed by atoms with Crippen LogP contribution in [0.5, 0.6) is 0 Å². The Labute approximate surface area is 123 Å². The van der Waals surface area contributed by atoms with E-state index < -0.39 is 0 Å². The molecule has 0 unspecified atom stereocenters. The first-order chi connectivity index (χ1) is 9.72. The molecule has 0 bridgehead atoms. The van der Waals surface area contributed by atoms with Gasteiger partial charge < -0.3 is 5.32 Å². The van der Waals surface area contributed by atoms with E-state index in [0.717, 1.165) is 5.57 Å². The summed E-state index contributed by atoms with van der Waals surface area (Å²) < 4.78 is 0. The van der Waals surface area contributed by atoms with Gasteiger partial charge in [-0.3, -0.25) is 0 Å². The molecule has 0 atom stereocenters. The van der Waals surface area contributed by atoms with Crippen molar-refractivity contribution >= 4 is 5.57 Å². The minimum absolute atomic E-state index is 0.710. The van der Waals surface area contributed by atoms with Crippen LogP contribution in [0.4, 0.5) is 0 Å². The van der Waals surface area contributed by atoms with E-state index in [0.29, 0.717) is 5.92 Å². The van der Waals surface area contributed by atoms with Crippen LogP contribution < -0.4 is 5.32 Å². The standard InChI is InChI=1S/C19H25N/c1-15(17-9-5-4-6-10-17)13-16(2)19(14-20-3)18-11-7-8-12-18/h4-6,9-10,13-14,18,20H,1,7-8,11-12H2,2-3H3/b16-13-,19-14+. The Morgan fingerprint density at radius 2 is 1.85 bits per heavy atom. The van der Waals surface area contributed by atoms with Crippen LogP contribution in [-0.4, -0.2) is 7.05 Å². The molecule has 106 valence electrons. The van der Waals surface area contributed by atoms with Gasteiger partial charge in [0.25, 0.3) is 0 Å². The van der Waals surface area contributed by atoms with Gasteiger partial charge in [-0.2, -0.15) is 0 Å². The lowest BCUT2D eigenvalue weighted by atomic mass is 9.90. The van der Waals surface area contributed by atoms with Crippen LogP contribution in [0.3, 0.4) is 0 Å². The molecule has 1 saturated carbocycles. The molecular weight excluding hydrogens is 242 g/mol. The van der Waals surface area contributed by atoms with Crippen LogP contribution in [0.25, 0.3) is 5.57 Å². The van der Waals surface area contributed by atoms with E-state index in [9.17, 15) is 0 Å². The molecule has 2 rings (SSSR count). The van der Waals surface area contributed by atoms with Crippen molar-refractivity contribution in [1.82, 2.24) is 5.32 Å². The fourth-order valence-electron chi connectivity index (χ4n) is 3.03. The molecule has 1 heteroatoms. The van der Waals surface area contributed by atoms with Crippen LogP contribution >= 0.6 is 0 Å². The molecule has 1 aliphatic rings. The second-order valence-electron chi connectivity index (χ2n) is 5.59. The molecule has 1 aliphatic carbocycles. The molecule has 1 N–H and O–H groups in total. The third-order valence-electron chi connectivity index (χ3n) is 4.09. The van der Waals surface area contributed by atoms with Crippen molar-refractivity contribution in [2.45, 2.75) is 32.6 Å². The Hall–Kier alpha value is -1.76. The highest BCUT2D eigenvalue weighted by Crippen LogP contribution is 2.35. The summed E-state index contributed by atoms with van der Waals surface area (Å²) in [6.45, 7) is 6.41. The lowest BCUT2D eigenvalue weighted by molar-refractivity contribution is 0.644. The molecule has 0 amide bonds. The van der Waals surface area contributed by atoms with Gasteiger partial charge in [0.2, 0.25) is 0 Å². The van der Waals surface area contributed by atoms with Gasteiger partial charge in [0.15, 0.2) is 0 Å². The lowest BCUT2D eigenvalue weighted by Gasteiger charge is -2.16. The second-order valence-corrected chi connectivity index (χ2v) is 5.59. The van der Waals surface area contributed by atoms with Crippen LogP contribution in [0.15, 0.2) is 60.3 Å². The third-order valence-corrected chi connectivity index (χ3v) is 4.09. The lowest BCUT2D eigenvalue weighted by Crippen LogP contribution is -2.06. The summed E-state index contributed by atoms with van der Waals surface area (Å²) in [5, 5.41) is 3.21. The molecule has 20 heavy (non-hydrogen) atoms. The first-order valence-electron chi connectivity index (χ1n) is 7.52. The van der Waals surface area contributed by atoms with E-state index in [2.05, 4.69) is 55.4 Å². The van der Waals surface area contributed by atoms with Crippen molar-refractivity contribution < 1.29 is 0 Å². The zero-order valence-corrected chi connectivity index (χ0v) is 12.7. The third kappa shape index (κ3) is 3.63. The Bertz CT molecular complexity index is 502. The molecule has 1 aromatic carbocycles. The smallest absolute Gasteiger partial charge is 0.00278 e. The monoisotopic (exact) mass is 267 g/mol. The number of nitrogens with one attached hydrogen (secondary N) is 1. The molecule has 0 radical (unpaired) electrons. The SMILES string of the molecule is C=C(/C=C(C)\C(=C/NC)C1CCCC1)c1ccccc1. The number of hydrogen-bond donors (Lipinski definition) is 1. The number of rotatable bonds is 5. The van der Waals surface area contributed by atoms with Crippen molar-refractivity contribution in [3.05, 3.63) is 65.9 Å². The number of benzene rings is 1. The summed E-state index contributed by atoms with van der Waals surface area (Å²) in [7, 11) is 1.98. The number of allylic oxidation sites excluding steroid dienone is 4. The zero-order valence-electron chi connectivity index (χ0n) is 12.7. The first kappa shape index (κ1) is 14.6. The molecule has 0 heterocycles. The summed E-state index contributed by atoms with van der Waals surface area (Å²) in [5.41, 5.74) is 5.06. The normalized spacial score (nSPS) is 17.3. The summed E-state index contributed by atoms with van der Waals surface area (Å²) in [6, 6.07) is 10.4. The van der Waals surface area contributed by atoms with Crippen molar-refractivity contribution in [3.8, 4) is 0 Å². The van der Waals surface area contributed by atoms with Crippen LogP contribution in [0.1, 0.15) is 38.2 Å². The predicted molar refractivity (Wildman–Crippen MR) is 88.3 cm³/mol. The largest absolute Gasteiger partial charge is 0.394 e. The molecule has 1 aromatic rings. The maximum atomic E-state index is 4.21. The van der Waals surface area contributed by atoms with E-state index in [-0.39, 0.29) is 0 Å². The van der Waals surface area contributed by atoms with E-state index >= 15 is 0 Å². The van der Waals surface area contributed by atoms with Crippen molar-refractivity contribution in [3.63, 3.8) is 0 Å². The summed E-state index contributed by atoms with van der Waals surface area (Å²) in [5.74, 6) is 0.710. The van der Waals surface area contributed by atoms with E-state index in [1.54, 1.807) is 0 Å². The van der Waals surface area contributed by atoms with Crippen LogP contribution in [0.2, 0.25) is 0 Å². The maximum Gasteiger partial charge on any atom is 0.00278 e. The molecule has 0 spiro atoms.